The van der Waals surface area contributed by atoms with Crippen molar-refractivity contribution in [1.82, 2.24) is 10.3 Å². The molecule has 0 fully saturated rings. The Balaban J connectivity index is 0.00000264. The van der Waals surface area contributed by atoms with Crippen LogP contribution < -0.4 is 15.8 Å². The van der Waals surface area contributed by atoms with Crippen LogP contribution in [0.25, 0.3) is 0 Å². The molecule has 3 N–H and O–H groups in total. The third-order valence-corrected chi connectivity index (χ3v) is 2.73. The Labute approximate surface area is 152 Å². The molecule has 2 rings (SSSR count). The number of nitrogens with zero attached hydrogens (tertiary/aromatic N) is 2. The van der Waals surface area contributed by atoms with Gasteiger partial charge in [-0.05, 0) is 43.7 Å². The van der Waals surface area contributed by atoms with E-state index in [0.29, 0.717) is 23.8 Å². The molecule has 1 aromatic heterocycles. The molecule has 0 radical (unpaired) electrons. The molecule has 0 atom stereocenters. The predicted octanol–water partition coefficient (Wildman–Crippen LogP) is 3.44. The molecule has 7 heteroatoms. The third kappa shape index (κ3) is 6.39. The summed E-state index contributed by atoms with van der Waals surface area (Å²) in [6.45, 7) is 4.23. The normalized spacial score (nSPS) is 11.0. The number of aromatic nitrogens is 1. The molecular formula is C16H20FIN4O. The zero-order valence-electron chi connectivity index (χ0n) is 13.0. The molecule has 0 spiro atoms. The van der Waals surface area contributed by atoms with E-state index in [0.717, 1.165) is 0 Å². The van der Waals surface area contributed by atoms with Gasteiger partial charge in [-0.15, -0.1) is 24.0 Å². The summed E-state index contributed by atoms with van der Waals surface area (Å²) in [6.07, 6.45) is 3.15. The van der Waals surface area contributed by atoms with Gasteiger partial charge in [0.15, 0.2) is 17.5 Å². The molecule has 23 heavy (non-hydrogen) atoms. The van der Waals surface area contributed by atoms with Crippen molar-refractivity contribution in [2.75, 3.05) is 0 Å². The molecule has 1 aromatic carbocycles. The van der Waals surface area contributed by atoms with Gasteiger partial charge in [-0.1, -0.05) is 6.07 Å². The second kappa shape index (κ2) is 9.29. The lowest BCUT2D eigenvalue weighted by atomic mass is 10.2. The lowest BCUT2D eigenvalue weighted by Gasteiger charge is -2.09. The van der Waals surface area contributed by atoms with Crippen LogP contribution >= 0.6 is 24.0 Å². The number of guanidine groups is 1. The second-order valence-corrected chi connectivity index (χ2v) is 5.06. The van der Waals surface area contributed by atoms with Crippen LogP contribution in [-0.2, 0) is 6.54 Å². The Bertz CT molecular complexity index is 650. The van der Waals surface area contributed by atoms with Crippen molar-refractivity contribution in [3.8, 4) is 11.5 Å². The highest BCUT2D eigenvalue weighted by molar-refractivity contribution is 14.0. The van der Waals surface area contributed by atoms with Gasteiger partial charge in [0.1, 0.15) is 5.75 Å². The average molecular weight is 430 g/mol. The van der Waals surface area contributed by atoms with Crippen molar-refractivity contribution in [1.29, 1.82) is 0 Å². The first kappa shape index (κ1) is 19.1. The monoisotopic (exact) mass is 430 g/mol. The zero-order chi connectivity index (χ0) is 15.9. The van der Waals surface area contributed by atoms with Gasteiger partial charge in [0.2, 0.25) is 0 Å². The molecule has 5 nitrogen and oxygen atoms in total. The van der Waals surface area contributed by atoms with E-state index in [-0.39, 0.29) is 35.8 Å². The standard InChI is InChI=1S/C16H19FN4O.HI/c1-11(2)21-16(18)20-9-12-5-6-15(14(17)8-12)22-13-4-3-7-19-10-13;/h3-8,10-11H,9H2,1-2H3,(H3,18,20,21);1H. The van der Waals surface area contributed by atoms with Crippen LogP contribution in [0.2, 0.25) is 0 Å². The van der Waals surface area contributed by atoms with Crippen molar-refractivity contribution < 1.29 is 9.13 Å². The number of rotatable bonds is 5. The highest BCUT2D eigenvalue weighted by Crippen LogP contribution is 2.24. The number of hydrogen-bond donors (Lipinski definition) is 2. The Morgan fingerprint density at radius 1 is 1.39 bits per heavy atom. The summed E-state index contributed by atoms with van der Waals surface area (Å²) in [5.74, 6) is 0.518. The molecule has 0 bridgehead atoms. The fourth-order valence-corrected chi connectivity index (χ4v) is 1.78. The minimum absolute atomic E-state index is 0. The topological polar surface area (TPSA) is 72.5 Å². The highest BCUT2D eigenvalue weighted by Gasteiger charge is 2.06. The fraction of sp³-hybridized carbons (Fsp3) is 0.250. The van der Waals surface area contributed by atoms with Crippen LogP contribution in [0.1, 0.15) is 19.4 Å². The van der Waals surface area contributed by atoms with Crippen molar-refractivity contribution in [2.45, 2.75) is 26.4 Å². The van der Waals surface area contributed by atoms with Crippen molar-refractivity contribution in [3.05, 3.63) is 54.1 Å². The minimum Gasteiger partial charge on any atom is -0.453 e. The first-order valence-corrected chi connectivity index (χ1v) is 6.97. The first-order chi connectivity index (χ1) is 10.5. The Hall–Kier alpha value is -1.90. The van der Waals surface area contributed by atoms with Crippen LogP contribution in [-0.4, -0.2) is 17.0 Å². The van der Waals surface area contributed by atoms with Crippen LogP contribution in [0.3, 0.4) is 0 Å². The largest absolute Gasteiger partial charge is 0.453 e. The van der Waals surface area contributed by atoms with E-state index in [1.165, 1.54) is 12.3 Å². The number of ether oxygens (including phenoxy) is 1. The molecule has 124 valence electrons. The van der Waals surface area contributed by atoms with E-state index < -0.39 is 5.82 Å². The number of nitrogens with one attached hydrogen (secondary N) is 1. The molecule has 2 aromatic rings. The summed E-state index contributed by atoms with van der Waals surface area (Å²) in [5, 5.41) is 2.97. The smallest absolute Gasteiger partial charge is 0.189 e. The minimum atomic E-state index is -0.452. The zero-order valence-corrected chi connectivity index (χ0v) is 15.3. The van der Waals surface area contributed by atoms with Crippen molar-refractivity contribution in [2.24, 2.45) is 10.7 Å². The van der Waals surface area contributed by atoms with Gasteiger partial charge >= 0.3 is 0 Å². The quantitative estimate of drug-likeness (QED) is 0.433. The number of pyridine rings is 1. The van der Waals surface area contributed by atoms with E-state index >= 15 is 0 Å². The van der Waals surface area contributed by atoms with Crippen molar-refractivity contribution in [3.63, 3.8) is 0 Å². The van der Waals surface area contributed by atoms with Crippen LogP contribution in [0.4, 0.5) is 4.39 Å². The number of halogens is 2. The second-order valence-electron chi connectivity index (χ2n) is 5.06. The fourth-order valence-electron chi connectivity index (χ4n) is 1.78. The highest BCUT2D eigenvalue weighted by atomic mass is 127. The maximum Gasteiger partial charge on any atom is 0.189 e. The van der Waals surface area contributed by atoms with Gasteiger partial charge in [0, 0.05) is 12.2 Å². The van der Waals surface area contributed by atoms with Gasteiger partial charge in [0.25, 0.3) is 0 Å². The number of nitrogens with two attached hydrogens (primary N) is 1. The molecule has 0 amide bonds. The lowest BCUT2D eigenvalue weighted by molar-refractivity contribution is 0.440. The Morgan fingerprint density at radius 2 is 2.17 bits per heavy atom. The number of aliphatic imine (C=N–C) groups is 1. The average Bonchev–Trinajstić information content (AvgIpc) is 2.48. The summed E-state index contributed by atoms with van der Waals surface area (Å²) in [7, 11) is 0. The van der Waals surface area contributed by atoms with Crippen LogP contribution in [0.5, 0.6) is 11.5 Å². The van der Waals surface area contributed by atoms with Crippen LogP contribution in [0.15, 0.2) is 47.7 Å². The van der Waals surface area contributed by atoms with E-state index in [1.807, 2.05) is 13.8 Å². The van der Waals surface area contributed by atoms with E-state index in [1.54, 1.807) is 30.5 Å². The van der Waals surface area contributed by atoms with E-state index in [4.69, 9.17) is 10.5 Å². The number of hydrogen-bond acceptors (Lipinski definition) is 3. The first-order valence-electron chi connectivity index (χ1n) is 6.97. The maximum atomic E-state index is 14.0. The maximum absolute atomic E-state index is 14.0. The predicted molar refractivity (Wildman–Crippen MR) is 99.7 cm³/mol. The molecule has 1 heterocycles. The Morgan fingerprint density at radius 3 is 2.78 bits per heavy atom. The van der Waals surface area contributed by atoms with E-state index in [9.17, 15) is 4.39 Å². The summed E-state index contributed by atoms with van der Waals surface area (Å²) in [6, 6.07) is 8.35. The summed E-state index contributed by atoms with van der Waals surface area (Å²) >= 11 is 0. The van der Waals surface area contributed by atoms with Gasteiger partial charge in [0.05, 0.1) is 12.7 Å². The van der Waals surface area contributed by atoms with Gasteiger partial charge in [-0.25, -0.2) is 9.38 Å². The summed E-state index contributed by atoms with van der Waals surface area (Å²) in [5.41, 5.74) is 6.42. The molecular weight excluding hydrogens is 410 g/mol. The van der Waals surface area contributed by atoms with Gasteiger partial charge in [-0.3, -0.25) is 4.98 Å². The Kier molecular flexibility index (Phi) is 7.73. The summed E-state index contributed by atoms with van der Waals surface area (Å²) in [4.78, 5) is 8.07. The molecule has 0 saturated heterocycles. The summed E-state index contributed by atoms with van der Waals surface area (Å²) < 4.78 is 19.5. The molecule has 0 aliphatic heterocycles. The van der Waals surface area contributed by atoms with Crippen molar-refractivity contribution >= 4 is 29.9 Å². The molecule has 0 unspecified atom stereocenters. The van der Waals surface area contributed by atoms with E-state index in [2.05, 4.69) is 15.3 Å². The molecule has 0 saturated carbocycles. The lowest BCUT2D eigenvalue weighted by Crippen LogP contribution is -2.36. The van der Waals surface area contributed by atoms with Gasteiger partial charge in [-0.2, -0.15) is 0 Å². The number of benzene rings is 1. The molecule has 0 aliphatic carbocycles. The molecule has 0 aliphatic rings. The third-order valence-electron chi connectivity index (χ3n) is 2.73. The van der Waals surface area contributed by atoms with Gasteiger partial charge < -0.3 is 15.8 Å². The SMILES string of the molecule is CC(C)NC(N)=NCc1ccc(Oc2cccnc2)c(F)c1.I. The van der Waals surface area contributed by atoms with Crippen LogP contribution in [0, 0.1) is 5.82 Å².